The molecule has 5 rings (SSSR count). The first-order chi connectivity index (χ1) is 20.4. The summed E-state index contributed by atoms with van der Waals surface area (Å²) < 4.78 is 1.58. The molecule has 1 aromatic carbocycles. The van der Waals surface area contributed by atoms with Gasteiger partial charge in [0.05, 0.1) is 27.5 Å². The molecule has 0 spiro atoms. The number of aromatic nitrogens is 4. The highest BCUT2D eigenvalue weighted by Gasteiger charge is 2.34. The number of anilines is 2. The first kappa shape index (κ1) is 30.2. The highest BCUT2D eigenvalue weighted by molar-refractivity contribution is 6.34. The van der Waals surface area contributed by atoms with Gasteiger partial charge in [0.25, 0.3) is 0 Å². The topological polar surface area (TPSA) is 87.5 Å². The van der Waals surface area contributed by atoms with Gasteiger partial charge in [-0.25, -0.2) is 14.3 Å². The second-order valence-electron chi connectivity index (χ2n) is 11.7. The average Bonchev–Trinajstić information content (AvgIpc) is 2.97. The van der Waals surface area contributed by atoms with Crippen LogP contribution in [-0.2, 0) is 4.79 Å². The predicted octanol–water partition coefficient (Wildman–Crippen LogP) is 5.61. The fourth-order valence-electron chi connectivity index (χ4n) is 5.91. The molecular weight excluding hydrogens is 562 g/mol. The molecule has 1 saturated heterocycles. The normalized spacial score (nSPS) is 17.0. The van der Waals surface area contributed by atoms with E-state index in [0.29, 0.717) is 46.3 Å². The van der Waals surface area contributed by atoms with Crippen molar-refractivity contribution in [1.82, 2.24) is 24.4 Å². The van der Waals surface area contributed by atoms with Gasteiger partial charge in [-0.1, -0.05) is 50.2 Å². The molecule has 2 atom stereocenters. The average molecular weight is 600 g/mol. The van der Waals surface area contributed by atoms with Crippen LogP contribution in [0, 0.1) is 6.92 Å². The van der Waals surface area contributed by atoms with Gasteiger partial charge in [0, 0.05) is 56.7 Å². The fourth-order valence-corrected chi connectivity index (χ4v) is 6.16. The van der Waals surface area contributed by atoms with Crippen LogP contribution in [0.2, 0.25) is 5.02 Å². The van der Waals surface area contributed by atoms with E-state index in [9.17, 15) is 9.59 Å². The Balaban J connectivity index is 1.84. The second-order valence-corrected chi connectivity index (χ2v) is 12.1. The van der Waals surface area contributed by atoms with E-state index in [1.165, 1.54) is 6.08 Å². The third-order valence-electron chi connectivity index (χ3n) is 8.08. The van der Waals surface area contributed by atoms with Crippen LogP contribution >= 0.6 is 11.6 Å². The van der Waals surface area contributed by atoms with E-state index in [2.05, 4.69) is 35.3 Å². The van der Waals surface area contributed by atoms with Gasteiger partial charge in [-0.15, -0.1) is 0 Å². The summed E-state index contributed by atoms with van der Waals surface area (Å²) in [6, 6.07) is 11.4. The summed E-state index contributed by atoms with van der Waals surface area (Å²) in [4.78, 5) is 47.1. The third kappa shape index (κ3) is 5.38. The molecule has 4 heterocycles. The molecule has 0 N–H and O–H groups in total. The monoisotopic (exact) mass is 599 g/mol. The summed E-state index contributed by atoms with van der Waals surface area (Å²) in [6.07, 6.45) is 3.10. The van der Waals surface area contributed by atoms with Crippen molar-refractivity contribution in [2.24, 2.45) is 0 Å². The molecule has 1 fully saturated rings. The van der Waals surface area contributed by atoms with Crippen molar-refractivity contribution in [3.05, 3.63) is 82.0 Å². The Labute approximate surface area is 257 Å². The van der Waals surface area contributed by atoms with Crippen LogP contribution in [0.5, 0.6) is 0 Å². The van der Waals surface area contributed by atoms with Crippen LogP contribution in [0.1, 0.15) is 44.9 Å². The van der Waals surface area contributed by atoms with Crippen molar-refractivity contribution in [2.45, 2.75) is 52.6 Å². The number of pyridine rings is 2. The standard InChI is InChI=1S/C33H38ClN7O2/c1-9-27(42)39-17-22(6)40(18-21(39)5)31-24-16-25(34)29(23-12-10-11-13-26(23)38(7)8)36-32(24)41(33(43)37-31)30-20(4)14-15-35-28(30)19(2)3/h9-16,19,21-22H,1,17-18H2,2-8H3/t21-,22+/m1/s1. The lowest BCUT2D eigenvalue weighted by molar-refractivity contribution is -0.128. The number of piperazine rings is 1. The Morgan fingerprint density at radius 1 is 1.12 bits per heavy atom. The Morgan fingerprint density at radius 3 is 2.51 bits per heavy atom. The van der Waals surface area contributed by atoms with Crippen LogP contribution in [0.15, 0.2) is 60.0 Å². The maximum Gasteiger partial charge on any atom is 0.355 e. The van der Waals surface area contributed by atoms with Crippen LogP contribution in [0.4, 0.5) is 11.5 Å². The summed E-state index contributed by atoms with van der Waals surface area (Å²) in [5.41, 5.74) is 4.71. The number of carbonyl (C=O) groups excluding carboxylic acids is 1. The molecule has 1 aliphatic heterocycles. The zero-order valence-corrected chi connectivity index (χ0v) is 26.6. The zero-order chi connectivity index (χ0) is 31.2. The lowest BCUT2D eigenvalue weighted by atomic mass is 10.0. The number of aryl methyl sites for hydroxylation is 1. The second kappa shape index (κ2) is 11.8. The molecule has 0 radical (unpaired) electrons. The molecule has 3 aromatic heterocycles. The van der Waals surface area contributed by atoms with E-state index >= 15 is 0 Å². The van der Waals surface area contributed by atoms with E-state index < -0.39 is 5.69 Å². The number of para-hydroxylation sites is 1. The minimum absolute atomic E-state index is 0.0501. The van der Waals surface area contributed by atoms with Gasteiger partial charge in [-0.2, -0.15) is 4.98 Å². The maximum absolute atomic E-state index is 14.2. The maximum atomic E-state index is 14.2. The largest absolute Gasteiger partial charge is 0.377 e. The van der Waals surface area contributed by atoms with Gasteiger partial charge in [0.2, 0.25) is 5.91 Å². The molecule has 0 unspecified atom stereocenters. The zero-order valence-electron chi connectivity index (χ0n) is 25.8. The van der Waals surface area contributed by atoms with E-state index in [-0.39, 0.29) is 23.9 Å². The molecule has 0 saturated carbocycles. The lowest BCUT2D eigenvalue weighted by Crippen LogP contribution is -2.58. The first-order valence-electron chi connectivity index (χ1n) is 14.5. The van der Waals surface area contributed by atoms with Crippen LogP contribution < -0.4 is 15.5 Å². The molecule has 0 bridgehead atoms. The number of rotatable bonds is 6. The van der Waals surface area contributed by atoms with Crippen molar-refractivity contribution in [2.75, 3.05) is 37.0 Å². The first-order valence-corrected chi connectivity index (χ1v) is 14.9. The minimum atomic E-state index is -0.452. The molecule has 1 amide bonds. The molecule has 0 aliphatic carbocycles. The molecule has 4 aromatic rings. The number of benzene rings is 1. The fraction of sp³-hybridized carbons (Fsp3) is 0.364. The van der Waals surface area contributed by atoms with Crippen molar-refractivity contribution >= 4 is 40.0 Å². The number of amides is 1. The third-order valence-corrected chi connectivity index (χ3v) is 8.37. The predicted molar refractivity (Wildman–Crippen MR) is 175 cm³/mol. The van der Waals surface area contributed by atoms with Gasteiger partial charge < -0.3 is 14.7 Å². The molecule has 224 valence electrons. The summed E-state index contributed by atoms with van der Waals surface area (Å²) >= 11 is 7.03. The quantitative estimate of drug-likeness (QED) is 0.266. The van der Waals surface area contributed by atoms with Crippen molar-refractivity contribution in [3.8, 4) is 16.9 Å². The summed E-state index contributed by atoms with van der Waals surface area (Å²) in [5, 5.41) is 1.10. The highest BCUT2D eigenvalue weighted by atomic mass is 35.5. The van der Waals surface area contributed by atoms with Gasteiger partial charge >= 0.3 is 5.69 Å². The molecular formula is C33H38ClN7O2. The summed E-state index contributed by atoms with van der Waals surface area (Å²) in [5.74, 6) is 0.430. The van der Waals surface area contributed by atoms with Gasteiger partial charge in [0.1, 0.15) is 5.82 Å². The van der Waals surface area contributed by atoms with Gasteiger partial charge in [-0.3, -0.25) is 9.78 Å². The molecule has 1 aliphatic rings. The van der Waals surface area contributed by atoms with E-state index in [1.807, 2.05) is 76.2 Å². The molecule has 10 heteroatoms. The number of nitrogens with zero attached hydrogens (tertiary/aromatic N) is 7. The Bertz CT molecular complexity index is 1780. The summed E-state index contributed by atoms with van der Waals surface area (Å²) in [7, 11) is 3.94. The number of carbonyl (C=O) groups is 1. The minimum Gasteiger partial charge on any atom is -0.377 e. The smallest absolute Gasteiger partial charge is 0.355 e. The van der Waals surface area contributed by atoms with Gasteiger partial charge in [-0.05, 0) is 56.5 Å². The summed E-state index contributed by atoms with van der Waals surface area (Å²) in [6.45, 7) is 14.7. The van der Waals surface area contributed by atoms with Crippen molar-refractivity contribution in [1.29, 1.82) is 0 Å². The van der Waals surface area contributed by atoms with Crippen LogP contribution in [-0.4, -0.2) is 69.6 Å². The SMILES string of the molecule is C=CC(=O)N1C[C@H](C)N(c2nc(=O)n(-c3c(C)ccnc3C(C)C)c3nc(-c4ccccc4N(C)C)c(Cl)cc23)C[C@H]1C. The van der Waals surface area contributed by atoms with E-state index in [4.69, 9.17) is 16.6 Å². The van der Waals surface area contributed by atoms with E-state index in [1.54, 1.807) is 15.7 Å². The number of hydrogen-bond acceptors (Lipinski definition) is 7. The Morgan fingerprint density at radius 2 is 1.84 bits per heavy atom. The lowest BCUT2D eigenvalue weighted by Gasteiger charge is -2.44. The molecule has 9 nitrogen and oxygen atoms in total. The van der Waals surface area contributed by atoms with E-state index in [0.717, 1.165) is 22.5 Å². The van der Waals surface area contributed by atoms with Gasteiger partial charge in [0.15, 0.2) is 5.65 Å². The highest BCUT2D eigenvalue weighted by Crippen LogP contribution is 2.38. The van der Waals surface area contributed by atoms with Crippen LogP contribution in [0.3, 0.4) is 0 Å². The Kier molecular flexibility index (Phi) is 8.29. The Hall–Kier alpha value is -4.24. The number of halogens is 1. The number of hydrogen-bond donors (Lipinski definition) is 0. The number of fused-ring (bicyclic) bond motifs is 1. The molecule has 43 heavy (non-hydrogen) atoms. The van der Waals surface area contributed by atoms with Crippen molar-refractivity contribution in [3.63, 3.8) is 0 Å². The van der Waals surface area contributed by atoms with Crippen molar-refractivity contribution < 1.29 is 4.79 Å². The van der Waals surface area contributed by atoms with Crippen LogP contribution in [0.25, 0.3) is 28.0 Å².